The van der Waals surface area contributed by atoms with E-state index in [2.05, 4.69) is 41.2 Å². The van der Waals surface area contributed by atoms with E-state index in [0.717, 1.165) is 32.1 Å². The molecule has 4 saturated carbocycles. The van der Waals surface area contributed by atoms with E-state index >= 15 is 0 Å². The Morgan fingerprint density at radius 1 is 0.768 bits per heavy atom. The number of hydrogen-bond acceptors (Lipinski definition) is 14. The molecule has 2 saturated heterocycles. The summed E-state index contributed by atoms with van der Waals surface area (Å²) in [6.45, 7) is 17.7. The molecule has 14 nitrogen and oxygen atoms in total. The van der Waals surface area contributed by atoms with Crippen molar-refractivity contribution in [1.29, 1.82) is 0 Å². The molecule has 0 aromatic carbocycles. The van der Waals surface area contributed by atoms with Crippen LogP contribution >= 0.6 is 0 Å². The molecule has 324 valence electrons. The van der Waals surface area contributed by atoms with Crippen molar-refractivity contribution in [3.63, 3.8) is 0 Å². The molecule has 0 aromatic heterocycles. The molecule has 6 aliphatic rings. The third-order valence-corrected chi connectivity index (χ3v) is 16.9. The Bertz CT molecular complexity index is 1390. The molecule has 2 heterocycles. The Labute approximate surface area is 331 Å². The summed E-state index contributed by atoms with van der Waals surface area (Å²) < 4.78 is 24.3. The molecule has 21 atom stereocenters. The normalized spacial score (nSPS) is 51.9. The van der Waals surface area contributed by atoms with Gasteiger partial charge in [0, 0.05) is 0 Å². The van der Waals surface area contributed by atoms with Crippen LogP contribution in [0.3, 0.4) is 0 Å². The average Bonchev–Trinajstić information content (AvgIpc) is 3.53. The first-order valence-corrected chi connectivity index (χ1v) is 21.0. The van der Waals surface area contributed by atoms with Crippen molar-refractivity contribution in [3.8, 4) is 0 Å². The Morgan fingerprint density at radius 3 is 1.96 bits per heavy atom. The monoisotopic (exact) mass is 800 g/mol. The molecule has 2 aliphatic heterocycles. The van der Waals surface area contributed by atoms with Gasteiger partial charge in [-0.1, -0.05) is 46.8 Å². The van der Waals surface area contributed by atoms with E-state index in [9.17, 15) is 51.1 Å². The van der Waals surface area contributed by atoms with Crippen LogP contribution in [0, 0.1) is 45.3 Å². The third-order valence-electron chi connectivity index (χ3n) is 16.9. The second-order valence-electron chi connectivity index (χ2n) is 20.2. The van der Waals surface area contributed by atoms with Gasteiger partial charge in [0.15, 0.2) is 12.6 Å². The van der Waals surface area contributed by atoms with Crippen molar-refractivity contribution in [1.82, 2.24) is 0 Å². The van der Waals surface area contributed by atoms with E-state index in [4.69, 9.17) is 18.9 Å². The minimum absolute atomic E-state index is 0.0844. The number of aliphatic hydroxyl groups is 10. The fraction of sp³-hybridized carbons (Fsp3) is 0.952. The second kappa shape index (κ2) is 15.9. The Kier molecular flexibility index (Phi) is 12.7. The van der Waals surface area contributed by atoms with Gasteiger partial charge < -0.3 is 70.0 Å². The lowest BCUT2D eigenvalue weighted by Gasteiger charge is -2.70. The highest BCUT2D eigenvalue weighted by Gasteiger charge is 2.71. The maximum Gasteiger partial charge on any atom is 0.187 e. The lowest BCUT2D eigenvalue weighted by atomic mass is 9.35. The zero-order chi connectivity index (χ0) is 41.5. The number of rotatable bonds is 11. The van der Waals surface area contributed by atoms with Gasteiger partial charge >= 0.3 is 0 Å². The summed E-state index contributed by atoms with van der Waals surface area (Å²) in [6, 6.07) is 0. The van der Waals surface area contributed by atoms with E-state index in [1.165, 1.54) is 0 Å². The van der Waals surface area contributed by atoms with Crippen molar-refractivity contribution in [3.05, 3.63) is 12.2 Å². The lowest BCUT2D eigenvalue weighted by molar-refractivity contribution is -0.378. The van der Waals surface area contributed by atoms with Crippen molar-refractivity contribution < 1.29 is 70.0 Å². The van der Waals surface area contributed by atoms with Crippen LogP contribution in [0.15, 0.2) is 12.2 Å². The zero-order valence-electron chi connectivity index (χ0n) is 34.4. The summed E-state index contributed by atoms with van der Waals surface area (Å²) in [6.07, 6.45) is -10.6. The smallest absolute Gasteiger partial charge is 0.187 e. The van der Waals surface area contributed by atoms with Crippen LogP contribution in [0.5, 0.6) is 0 Å². The van der Waals surface area contributed by atoms with Gasteiger partial charge in [-0.3, -0.25) is 0 Å². The fourth-order valence-corrected chi connectivity index (χ4v) is 13.3. The molecule has 6 fully saturated rings. The SMILES string of the molecule is C=C(C)[C@H](O)CC[C@@](C)(O)C1CC[C@]2(C)C1[C@H](O)CC1[C@@]3(C)CC[C@H](O[C@@H]4O[C@H](CO)[C@@H](O)[C@H](O)[C@H]4O[C@@H]4O[C@H](CO)[C@@H](O)[C@H](O)[C@H]4O)C(C)(C)C3CC[C@]12C. The summed E-state index contributed by atoms with van der Waals surface area (Å²) in [5.41, 5.74) is -1.35. The average molecular weight is 801 g/mol. The molecule has 4 aliphatic carbocycles. The number of aliphatic hydroxyl groups excluding tert-OH is 9. The van der Waals surface area contributed by atoms with Gasteiger partial charge in [-0.15, -0.1) is 0 Å². The van der Waals surface area contributed by atoms with Crippen molar-refractivity contribution in [2.75, 3.05) is 13.2 Å². The molecular weight excluding hydrogens is 728 g/mol. The molecular formula is C42H72O14. The van der Waals surface area contributed by atoms with E-state index in [1.54, 1.807) is 6.92 Å². The number of hydrogen-bond donors (Lipinski definition) is 10. The standard InChI is InChI=1S/C42H72O14/c1-20(2)22(45)10-16-42(8,52)21-9-14-41(7)29(21)23(46)17-27-39(5)13-12-28(38(3,4)26(39)11-15-40(27,41)6)55-37-35(33(50)31(48)25(19-44)54-37)56-36-34(51)32(49)30(47)24(18-43)53-36/h21-37,43-52H,1,9-19H2,2-8H3/t21?,22-,23-,24-,25-,26?,27?,28+,29?,30-,31-,32+,33+,34-,35-,36+,37+,39+,40-,41-,42-/m1/s1. The summed E-state index contributed by atoms with van der Waals surface area (Å²) in [5, 5.41) is 108. The van der Waals surface area contributed by atoms with E-state index < -0.39 is 104 Å². The first-order valence-electron chi connectivity index (χ1n) is 21.0. The quantitative estimate of drug-likeness (QED) is 0.104. The van der Waals surface area contributed by atoms with Gasteiger partial charge in [-0.05, 0) is 117 Å². The van der Waals surface area contributed by atoms with Gasteiger partial charge in [0.25, 0.3) is 0 Å². The van der Waals surface area contributed by atoms with Crippen LogP contribution < -0.4 is 0 Å². The molecule has 0 bridgehead atoms. The van der Waals surface area contributed by atoms with Crippen molar-refractivity contribution in [2.45, 2.75) is 192 Å². The van der Waals surface area contributed by atoms with Crippen LogP contribution in [0.1, 0.15) is 106 Å². The molecule has 6 rings (SSSR count). The molecule has 0 radical (unpaired) electrons. The lowest BCUT2D eigenvalue weighted by Crippen LogP contribution is -2.68. The van der Waals surface area contributed by atoms with Crippen LogP contribution in [-0.4, -0.2) is 150 Å². The largest absolute Gasteiger partial charge is 0.394 e. The van der Waals surface area contributed by atoms with Crippen LogP contribution in [0.4, 0.5) is 0 Å². The number of fused-ring (bicyclic) bond motifs is 5. The predicted molar refractivity (Wildman–Crippen MR) is 202 cm³/mol. The fourth-order valence-electron chi connectivity index (χ4n) is 13.3. The van der Waals surface area contributed by atoms with Gasteiger partial charge in [-0.25, -0.2) is 0 Å². The predicted octanol–water partition coefficient (Wildman–Crippen LogP) is 1.12. The minimum atomic E-state index is -1.76. The number of ether oxygens (including phenoxy) is 4. The summed E-state index contributed by atoms with van der Waals surface area (Å²) >= 11 is 0. The van der Waals surface area contributed by atoms with Gasteiger partial charge in [0.2, 0.25) is 0 Å². The van der Waals surface area contributed by atoms with Crippen LogP contribution in [-0.2, 0) is 18.9 Å². The molecule has 0 amide bonds. The topological polar surface area (TPSA) is 239 Å². The summed E-state index contributed by atoms with van der Waals surface area (Å²) in [4.78, 5) is 0. The molecule has 10 N–H and O–H groups in total. The highest BCUT2D eigenvalue weighted by atomic mass is 16.8. The first kappa shape index (κ1) is 44.7. The van der Waals surface area contributed by atoms with Crippen LogP contribution in [0.25, 0.3) is 0 Å². The first-order chi connectivity index (χ1) is 26.0. The third kappa shape index (κ3) is 7.16. The molecule has 56 heavy (non-hydrogen) atoms. The Balaban J connectivity index is 1.22. The van der Waals surface area contributed by atoms with Gasteiger partial charge in [-0.2, -0.15) is 0 Å². The van der Waals surface area contributed by atoms with E-state index in [1.807, 2.05) is 6.92 Å². The summed E-state index contributed by atoms with van der Waals surface area (Å²) in [7, 11) is 0. The van der Waals surface area contributed by atoms with Crippen molar-refractivity contribution >= 4 is 0 Å². The molecule has 0 aromatic rings. The highest BCUT2D eigenvalue weighted by Crippen LogP contribution is 2.76. The Morgan fingerprint density at radius 2 is 1.36 bits per heavy atom. The minimum Gasteiger partial charge on any atom is -0.394 e. The molecule has 14 heteroatoms. The van der Waals surface area contributed by atoms with Gasteiger partial charge in [0.1, 0.15) is 48.8 Å². The van der Waals surface area contributed by atoms with Crippen LogP contribution in [0.2, 0.25) is 0 Å². The zero-order valence-corrected chi connectivity index (χ0v) is 34.4. The highest BCUT2D eigenvalue weighted by molar-refractivity contribution is 5.20. The summed E-state index contributed by atoms with van der Waals surface area (Å²) in [5.74, 6) is 0.150. The second-order valence-corrected chi connectivity index (χ2v) is 20.2. The van der Waals surface area contributed by atoms with E-state index in [0.29, 0.717) is 31.3 Å². The maximum absolute atomic E-state index is 12.2. The molecule has 4 unspecified atom stereocenters. The maximum atomic E-state index is 12.2. The molecule has 0 spiro atoms. The van der Waals surface area contributed by atoms with Crippen molar-refractivity contribution in [2.24, 2.45) is 45.3 Å². The van der Waals surface area contributed by atoms with Gasteiger partial charge in [0.05, 0.1) is 37.1 Å². The van der Waals surface area contributed by atoms with E-state index in [-0.39, 0.29) is 39.9 Å². The Hall–Kier alpha value is -0.820.